The summed E-state index contributed by atoms with van der Waals surface area (Å²) in [5.74, 6) is 0. The Labute approximate surface area is 219 Å². The fourth-order valence-corrected chi connectivity index (χ4v) is 4.83. The lowest BCUT2D eigenvalue weighted by atomic mass is 9.99. The Morgan fingerprint density at radius 1 is 0.714 bits per heavy atom. The molecule has 35 heavy (non-hydrogen) atoms. The Morgan fingerprint density at radius 2 is 1.11 bits per heavy atom. The lowest BCUT2D eigenvalue weighted by molar-refractivity contribution is -0.125. The van der Waals surface area contributed by atoms with Crippen molar-refractivity contribution in [3.8, 4) is 0 Å². The van der Waals surface area contributed by atoms with E-state index in [-0.39, 0.29) is 13.2 Å². The molecule has 206 valence electrons. The molecule has 1 heterocycles. The molecule has 1 saturated heterocycles. The highest BCUT2D eigenvalue weighted by atomic mass is 35.5. The first kappa shape index (κ1) is 32.0. The minimum Gasteiger partial charge on any atom is -0.451 e. The van der Waals surface area contributed by atoms with E-state index in [1.54, 1.807) is 0 Å². The van der Waals surface area contributed by atoms with Crippen LogP contribution in [-0.4, -0.2) is 42.5 Å². The topological polar surface area (TPSA) is 73.9 Å². The number of alkyl carbamates (subject to hydrolysis) is 1. The van der Waals surface area contributed by atoms with Gasteiger partial charge in [-0.1, -0.05) is 103 Å². The van der Waals surface area contributed by atoms with Crippen molar-refractivity contribution in [1.82, 2.24) is 5.32 Å². The highest BCUT2D eigenvalue weighted by Crippen LogP contribution is 2.38. The highest BCUT2D eigenvalue weighted by Gasteiger charge is 2.45. The normalized spacial score (nSPS) is 21.7. The van der Waals surface area contributed by atoms with Gasteiger partial charge in [0.05, 0.1) is 0 Å². The SMILES string of the molecule is CCCCCCCCCCCCCCCCCCNC(=O)OC[C@]1(C)CC[C@](C)(COC(=O)Cl)O1. The third-order valence-corrected chi connectivity index (χ3v) is 7.08. The summed E-state index contributed by atoms with van der Waals surface area (Å²) in [6.45, 7) is 6.95. The fourth-order valence-electron chi connectivity index (χ4n) is 4.77. The monoisotopic (exact) mass is 517 g/mol. The number of halogens is 1. The molecule has 1 rings (SSSR count). The van der Waals surface area contributed by atoms with Crippen LogP contribution >= 0.6 is 11.6 Å². The van der Waals surface area contributed by atoms with E-state index in [1.165, 1.54) is 89.9 Å². The molecule has 0 aromatic heterocycles. The van der Waals surface area contributed by atoms with Gasteiger partial charge in [0.2, 0.25) is 0 Å². The average molecular weight is 518 g/mol. The molecule has 0 aliphatic carbocycles. The second kappa shape index (κ2) is 19.1. The van der Waals surface area contributed by atoms with Crippen LogP contribution in [0.3, 0.4) is 0 Å². The second-order valence-corrected chi connectivity index (χ2v) is 11.1. The summed E-state index contributed by atoms with van der Waals surface area (Å²) < 4.78 is 16.3. The van der Waals surface area contributed by atoms with Crippen molar-refractivity contribution in [3.05, 3.63) is 0 Å². The van der Waals surface area contributed by atoms with Crippen LogP contribution in [0.5, 0.6) is 0 Å². The smallest absolute Gasteiger partial charge is 0.407 e. The molecule has 1 fully saturated rings. The maximum absolute atomic E-state index is 12.0. The number of hydrogen-bond acceptors (Lipinski definition) is 5. The van der Waals surface area contributed by atoms with Gasteiger partial charge in [0.15, 0.2) is 0 Å². The molecule has 0 spiro atoms. The maximum atomic E-state index is 12.0. The number of hydrogen-bond donors (Lipinski definition) is 1. The van der Waals surface area contributed by atoms with Gasteiger partial charge in [0, 0.05) is 18.1 Å². The second-order valence-electron chi connectivity index (χ2n) is 10.8. The molecular weight excluding hydrogens is 466 g/mol. The zero-order valence-corrected chi connectivity index (χ0v) is 23.5. The number of nitrogens with one attached hydrogen (secondary N) is 1. The summed E-state index contributed by atoms with van der Waals surface area (Å²) in [6.07, 6.45) is 22.4. The molecular formula is C28H52ClNO5. The van der Waals surface area contributed by atoms with Crippen molar-refractivity contribution < 1.29 is 23.8 Å². The van der Waals surface area contributed by atoms with E-state index in [1.807, 2.05) is 13.8 Å². The predicted molar refractivity (Wildman–Crippen MR) is 143 cm³/mol. The van der Waals surface area contributed by atoms with Gasteiger partial charge in [-0.05, 0) is 33.1 Å². The van der Waals surface area contributed by atoms with E-state index in [0.29, 0.717) is 13.0 Å². The zero-order valence-electron chi connectivity index (χ0n) is 22.8. The van der Waals surface area contributed by atoms with E-state index in [9.17, 15) is 9.59 Å². The van der Waals surface area contributed by atoms with Crippen molar-refractivity contribution in [2.75, 3.05) is 19.8 Å². The van der Waals surface area contributed by atoms with Gasteiger partial charge in [-0.2, -0.15) is 0 Å². The molecule has 1 N–H and O–H groups in total. The molecule has 0 aromatic rings. The summed E-state index contributed by atoms with van der Waals surface area (Å²) in [5.41, 5.74) is -2.03. The van der Waals surface area contributed by atoms with Crippen molar-refractivity contribution >= 4 is 23.1 Å². The van der Waals surface area contributed by atoms with Crippen molar-refractivity contribution in [3.63, 3.8) is 0 Å². The van der Waals surface area contributed by atoms with E-state index >= 15 is 0 Å². The van der Waals surface area contributed by atoms with Crippen LogP contribution in [0.15, 0.2) is 0 Å². The molecule has 1 aliphatic heterocycles. The maximum Gasteiger partial charge on any atom is 0.407 e. The molecule has 2 atom stereocenters. The van der Waals surface area contributed by atoms with Gasteiger partial charge in [-0.25, -0.2) is 9.59 Å². The minimum atomic E-state index is -0.840. The molecule has 7 heteroatoms. The summed E-state index contributed by atoms with van der Waals surface area (Å²) in [4.78, 5) is 22.8. The molecule has 1 amide bonds. The predicted octanol–water partition coefficient (Wildman–Crippen LogP) is 8.68. The van der Waals surface area contributed by atoms with E-state index < -0.39 is 22.7 Å². The van der Waals surface area contributed by atoms with Crippen LogP contribution in [0.4, 0.5) is 9.59 Å². The third kappa shape index (κ3) is 17.1. The van der Waals surface area contributed by atoms with Crippen LogP contribution < -0.4 is 5.32 Å². The molecule has 0 radical (unpaired) electrons. The van der Waals surface area contributed by atoms with Crippen LogP contribution in [0, 0.1) is 0 Å². The number of amides is 1. The van der Waals surface area contributed by atoms with Crippen molar-refractivity contribution in [2.45, 2.75) is 148 Å². The van der Waals surface area contributed by atoms with Crippen LogP contribution in [0.1, 0.15) is 136 Å². The van der Waals surface area contributed by atoms with Crippen LogP contribution in [0.25, 0.3) is 0 Å². The van der Waals surface area contributed by atoms with Gasteiger partial charge >= 0.3 is 11.5 Å². The number of carbonyl (C=O) groups is 2. The van der Waals surface area contributed by atoms with Crippen LogP contribution in [-0.2, 0) is 14.2 Å². The standard InChI is InChI=1S/C28H52ClNO5/c1-4-5-6-7-8-9-10-11-12-13-14-15-16-17-18-19-22-30-26(32)34-24-28(3)21-20-27(2,35-28)23-33-25(29)31/h4-24H2,1-3H3,(H,30,32)/t27-,28+/m1/s1. The molecule has 0 aromatic carbocycles. The average Bonchev–Trinajstić information content (AvgIpc) is 3.14. The largest absolute Gasteiger partial charge is 0.451 e. The van der Waals surface area contributed by atoms with E-state index in [2.05, 4.69) is 12.2 Å². The van der Waals surface area contributed by atoms with E-state index in [0.717, 1.165) is 19.3 Å². The Kier molecular flexibility index (Phi) is 17.5. The molecule has 0 saturated carbocycles. The number of carbonyl (C=O) groups excluding carboxylic acids is 2. The number of ether oxygens (including phenoxy) is 3. The van der Waals surface area contributed by atoms with Gasteiger partial charge < -0.3 is 19.5 Å². The van der Waals surface area contributed by atoms with Gasteiger partial charge in [0.25, 0.3) is 0 Å². The Bertz CT molecular complexity index is 576. The summed E-state index contributed by atoms with van der Waals surface area (Å²) >= 11 is 5.24. The Hall–Kier alpha value is -1.01. The van der Waals surface area contributed by atoms with Crippen molar-refractivity contribution in [1.29, 1.82) is 0 Å². The first-order valence-corrected chi connectivity index (χ1v) is 14.6. The first-order chi connectivity index (χ1) is 16.8. The zero-order chi connectivity index (χ0) is 25.8. The number of rotatable bonds is 21. The first-order valence-electron chi connectivity index (χ1n) is 14.2. The Balaban J connectivity index is 1.89. The summed E-state index contributed by atoms with van der Waals surface area (Å²) in [6, 6.07) is 0. The third-order valence-electron chi connectivity index (χ3n) is 6.97. The van der Waals surface area contributed by atoms with Gasteiger partial charge in [0.1, 0.15) is 24.4 Å². The Morgan fingerprint density at radius 3 is 1.54 bits per heavy atom. The molecule has 0 unspecified atom stereocenters. The molecule has 0 bridgehead atoms. The summed E-state index contributed by atoms with van der Waals surface area (Å²) in [7, 11) is 0. The van der Waals surface area contributed by atoms with E-state index in [4.69, 9.17) is 25.8 Å². The molecule has 1 aliphatic rings. The summed E-state index contributed by atoms with van der Waals surface area (Å²) in [5, 5.41) is 2.83. The lowest BCUT2D eigenvalue weighted by Crippen LogP contribution is -2.39. The molecule has 6 nitrogen and oxygen atoms in total. The van der Waals surface area contributed by atoms with Gasteiger partial charge in [-0.3, -0.25) is 0 Å². The van der Waals surface area contributed by atoms with Crippen molar-refractivity contribution in [2.24, 2.45) is 0 Å². The van der Waals surface area contributed by atoms with Crippen LogP contribution in [0.2, 0.25) is 0 Å². The highest BCUT2D eigenvalue weighted by molar-refractivity contribution is 6.61. The number of unbranched alkanes of at least 4 members (excludes halogenated alkanes) is 15. The lowest BCUT2D eigenvalue weighted by Gasteiger charge is -2.29. The quantitative estimate of drug-likeness (QED) is 0.122. The minimum absolute atomic E-state index is 0.0936. The van der Waals surface area contributed by atoms with Gasteiger partial charge in [-0.15, -0.1) is 0 Å². The fraction of sp³-hybridized carbons (Fsp3) is 0.929.